The Kier molecular flexibility index (Phi) is 7.27. The first-order valence-corrected chi connectivity index (χ1v) is 11.6. The third kappa shape index (κ3) is 6.33. The fourth-order valence-corrected chi connectivity index (χ4v) is 5.30. The maximum atomic E-state index is 12.4. The first-order valence-electron chi connectivity index (χ1n) is 9.15. The Morgan fingerprint density at radius 2 is 1.96 bits per heavy atom. The molecule has 1 aromatic heterocycles. The number of nitrogens with one attached hydrogen (secondary N) is 2. The van der Waals surface area contributed by atoms with Gasteiger partial charge >= 0.3 is 12.1 Å². The van der Waals surface area contributed by atoms with Crippen molar-refractivity contribution < 1.29 is 27.5 Å². The summed E-state index contributed by atoms with van der Waals surface area (Å²) < 4.78 is 37.5. The van der Waals surface area contributed by atoms with Crippen molar-refractivity contribution in [3.8, 4) is 0 Å². The Bertz CT molecular complexity index is 794. The summed E-state index contributed by atoms with van der Waals surface area (Å²) in [6.07, 6.45) is 2.23. The first-order chi connectivity index (χ1) is 13.0. The molecule has 1 aromatic rings. The number of hydrogen-bond donors (Lipinski definition) is 2. The number of anilines is 1. The maximum absolute atomic E-state index is 12.4. The predicted molar refractivity (Wildman–Crippen MR) is 106 cm³/mol. The van der Waals surface area contributed by atoms with Gasteiger partial charge in [-0.25, -0.2) is 23.0 Å². The van der Waals surface area contributed by atoms with Crippen molar-refractivity contribution in [3.63, 3.8) is 0 Å². The number of esters is 1. The van der Waals surface area contributed by atoms with E-state index >= 15 is 0 Å². The van der Waals surface area contributed by atoms with E-state index in [4.69, 9.17) is 9.47 Å². The lowest BCUT2D eigenvalue weighted by Crippen LogP contribution is -2.39. The second-order valence-corrected chi connectivity index (χ2v) is 10.3. The molecule has 0 aromatic carbocycles. The SMILES string of the molecule is CCOC(=O)C(NC(=O)OC(C)(C)C)c1csc(NS(=O)(=O)C2CCCC2)n1. The number of thiazole rings is 1. The molecule has 1 amide bonds. The molecule has 1 unspecified atom stereocenters. The van der Waals surface area contributed by atoms with Crippen LogP contribution < -0.4 is 10.0 Å². The molecular weight excluding hydrogens is 406 g/mol. The van der Waals surface area contributed by atoms with Crippen LogP contribution in [0, 0.1) is 0 Å². The number of rotatable bonds is 7. The van der Waals surface area contributed by atoms with Crippen LogP contribution in [0.25, 0.3) is 0 Å². The van der Waals surface area contributed by atoms with Crippen molar-refractivity contribution in [1.29, 1.82) is 0 Å². The molecule has 0 bridgehead atoms. The molecule has 0 radical (unpaired) electrons. The molecule has 1 saturated carbocycles. The summed E-state index contributed by atoms with van der Waals surface area (Å²) in [6.45, 7) is 6.86. The topological polar surface area (TPSA) is 124 Å². The van der Waals surface area contributed by atoms with Crippen LogP contribution in [0.2, 0.25) is 0 Å². The number of aromatic nitrogens is 1. The minimum atomic E-state index is -3.53. The Hall–Kier alpha value is -1.88. The fourth-order valence-electron chi connectivity index (χ4n) is 2.77. The summed E-state index contributed by atoms with van der Waals surface area (Å²) in [7, 11) is -3.53. The Balaban J connectivity index is 2.15. The van der Waals surface area contributed by atoms with Crippen LogP contribution in [0.1, 0.15) is 65.1 Å². The van der Waals surface area contributed by atoms with Gasteiger partial charge in [-0.05, 0) is 40.5 Å². The van der Waals surface area contributed by atoms with Gasteiger partial charge in [0.25, 0.3) is 0 Å². The lowest BCUT2D eigenvalue weighted by molar-refractivity contribution is -0.145. The summed E-state index contributed by atoms with van der Waals surface area (Å²) >= 11 is 1.04. The van der Waals surface area contributed by atoms with Gasteiger partial charge < -0.3 is 14.8 Å². The zero-order valence-electron chi connectivity index (χ0n) is 16.5. The number of amides is 1. The number of ether oxygens (including phenoxy) is 2. The van der Waals surface area contributed by atoms with Gasteiger partial charge in [-0.1, -0.05) is 12.8 Å². The number of carbonyl (C=O) groups excluding carboxylic acids is 2. The molecule has 1 aliphatic rings. The summed E-state index contributed by atoms with van der Waals surface area (Å²) in [5.41, 5.74) is -0.564. The number of carbonyl (C=O) groups is 2. The molecule has 1 fully saturated rings. The van der Waals surface area contributed by atoms with Gasteiger partial charge in [0.05, 0.1) is 17.6 Å². The van der Waals surface area contributed by atoms with E-state index in [0.29, 0.717) is 12.8 Å². The normalized spacial score (nSPS) is 16.4. The molecule has 158 valence electrons. The molecule has 11 heteroatoms. The van der Waals surface area contributed by atoms with Gasteiger partial charge in [0.2, 0.25) is 10.0 Å². The van der Waals surface area contributed by atoms with Gasteiger partial charge in [-0.3, -0.25) is 4.72 Å². The minimum Gasteiger partial charge on any atom is -0.464 e. The second-order valence-electron chi connectivity index (χ2n) is 7.46. The fraction of sp³-hybridized carbons (Fsp3) is 0.706. The number of sulfonamides is 1. The highest BCUT2D eigenvalue weighted by molar-refractivity contribution is 7.93. The molecular formula is C17H27N3O6S2. The number of hydrogen-bond acceptors (Lipinski definition) is 8. The van der Waals surface area contributed by atoms with Gasteiger partial charge in [-0.2, -0.15) is 0 Å². The van der Waals surface area contributed by atoms with E-state index in [0.717, 1.165) is 24.2 Å². The highest BCUT2D eigenvalue weighted by Gasteiger charge is 2.32. The molecule has 2 rings (SSSR count). The van der Waals surface area contributed by atoms with Crippen LogP contribution >= 0.6 is 11.3 Å². The van der Waals surface area contributed by atoms with Gasteiger partial charge in [0.15, 0.2) is 11.2 Å². The zero-order valence-corrected chi connectivity index (χ0v) is 18.1. The Morgan fingerprint density at radius 3 is 2.54 bits per heavy atom. The first kappa shape index (κ1) is 22.4. The quantitative estimate of drug-likeness (QED) is 0.634. The summed E-state index contributed by atoms with van der Waals surface area (Å²) in [4.78, 5) is 28.5. The van der Waals surface area contributed by atoms with Gasteiger partial charge in [0.1, 0.15) is 5.60 Å². The Labute approximate surface area is 169 Å². The monoisotopic (exact) mass is 433 g/mol. The van der Waals surface area contributed by atoms with Crippen LogP contribution in [-0.4, -0.2) is 42.9 Å². The number of alkyl carbamates (subject to hydrolysis) is 1. The van der Waals surface area contributed by atoms with Gasteiger partial charge in [-0.15, -0.1) is 11.3 Å². The van der Waals surface area contributed by atoms with E-state index in [2.05, 4.69) is 15.0 Å². The van der Waals surface area contributed by atoms with Crippen molar-refractivity contribution in [1.82, 2.24) is 10.3 Å². The molecule has 0 spiro atoms. The van der Waals surface area contributed by atoms with E-state index < -0.39 is 39.0 Å². The standard InChI is InChI=1S/C17H27N3O6S2/c1-5-25-14(21)13(19-16(22)26-17(2,3)4)12-10-27-15(18-12)20-28(23,24)11-8-6-7-9-11/h10-11,13H,5-9H2,1-4H3,(H,18,20)(H,19,22). The molecule has 28 heavy (non-hydrogen) atoms. The average Bonchev–Trinajstić information content (AvgIpc) is 3.22. The van der Waals surface area contributed by atoms with E-state index in [1.54, 1.807) is 27.7 Å². The third-order valence-electron chi connectivity index (χ3n) is 3.97. The maximum Gasteiger partial charge on any atom is 0.408 e. The molecule has 1 heterocycles. The average molecular weight is 434 g/mol. The van der Waals surface area contributed by atoms with Crippen LogP contribution in [0.4, 0.5) is 9.93 Å². The lowest BCUT2D eigenvalue weighted by atomic mass is 10.2. The molecule has 2 N–H and O–H groups in total. The molecule has 9 nitrogen and oxygen atoms in total. The lowest BCUT2D eigenvalue weighted by Gasteiger charge is -2.22. The minimum absolute atomic E-state index is 0.122. The summed E-state index contributed by atoms with van der Waals surface area (Å²) in [5.74, 6) is -0.705. The van der Waals surface area contributed by atoms with Crippen LogP contribution in [0.3, 0.4) is 0 Å². The zero-order chi connectivity index (χ0) is 20.9. The molecule has 0 aliphatic heterocycles. The largest absolute Gasteiger partial charge is 0.464 e. The van der Waals surface area contributed by atoms with Crippen molar-refractivity contribution in [2.75, 3.05) is 11.3 Å². The number of nitrogens with zero attached hydrogens (tertiary/aromatic N) is 1. The van der Waals surface area contributed by atoms with Gasteiger partial charge in [0, 0.05) is 5.38 Å². The Morgan fingerprint density at radius 1 is 1.32 bits per heavy atom. The predicted octanol–water partition coefficient (Wildman–Crippen LogP) is 2.96. The molecule has 0 saturated heterocycles. The van der Waals surface area contributed by atoms with E-state index in [1.807, 2.05) is 0 Å². The summed E-state index contributed by atoms with van der Waals surface area (Å²) in [6, 6.07) is -1.20. The van der Waals surface area contributed by atoms with Crippen molar-refractivity contribution in [2.45, 2.75) is 70.3 Å². The van der Waals surface area contributed by atoms with Crippen LogP contribution in [-0.2, 0) is 24.3 Å². The second kappa shape index (κ2) is 9.08. The van der Waals surface area contributed by atoms with Crippen molar-refractivity contribution in [2.24, 2.45) is 0 Å². The third-order valence-corrected chi connectivity index (χ3v) is 6.70. The van der Waals surface area contributed by atoms with E-state index in [9.17, 15) is 18.0 Å². The smallest absolute Gasteiger partial charge is 0.408 e. The van der Waals surface area contributed by atoms with Crippen LogP contribution in [0.5, 0.6) is 0 Å². The van der Waals surface area contributed by atoms with E-state index in [-0.39, 0.29) is 17.4 Å². The molecule has 1 atom stereocenters. The van der Waals surface area contributed by atoms with Crippen molar-refractivity contribution >= 4 is 38.6 Å². The van der Waals surface area contributed by atoms with Crippen LogP contribution in [0.15, 0.2) is 5.38 Å². The highest BCUT2D eigenvalue weighted by atomic mass is 32.2. The van der Waals surface area contributed by atoms with Crippen molar-refractivity contribution in [3.05, 3.63) is 11.1 Å². The van der Waals surface area contributed by atoms with E-state index in [1.165, 1.54) is 5.38 Å². The highest BCUT2D eigenvalue weighted by Crippen LogP contribution is 2.28. The summed E-state index contributed by atoms with van der Waals surface area (Å²) in [5, 5.41) is 3.65. The molecule has 1 aliphatic carbocycles.